The Kier molecular flexibility index (Phi) is 3.53. The molecule has 18 heavy (non-hydrogen) atoms. The number of carbonyl (C=O) groups is 1. The lowest BCUT2D eigenvalue weighted by molar-refractivity contribution is 0.0694. The highest BCUT2D eigenvalue weighted by Gasteiger charge is 2.12. The monoisotopic (exact) mass is 262 g/mol. The first-order chi connectivity index (χ1) is 8.56. The number of rotatable bonds is 3. The molecule has 0 spiro atoms. The molecule has 0 fully saturated rings. The van der Waals surface area contributed by atoms with Gasteiger partial charge in [-0.25, -0.2) is 4.79 Å². The zero-order chi connectivity index (χ0) is 13.1. The summed E-state index contributed by atoms with van der Waals surface area (Å²) in [7, 11) is 0. The third kappa shape index (κ3) is 2.81. The van der Waals surface area contributed by atoms with Crippen molar-refractivity contribution < 1.29 is 14.6 Å². The molecule has 0 saturated carbocycles. The van der Waals surface area contributed by atoms with E-state index >= 15 is 0 Å². The SMILES string of the molecule is Cc1ccc(C(=O)O)c(Oc2ccc(Cl)cc2)c1. The van der Waals surface area contributed by atoms with Crippen LogP contribution in [0.5, 0.6) is 11.5 Å². The van der Waals surface area contributed by atoms with Gasteiger partial charge < -0.3 is 9.84 Å². The van der Waals surface area contributed by atoms with Gasteiger partial charge in [-0.05, 0) is 48.9 Å². The second-order valence-electron chi connectivity index (χ2n) is 3.86. The molecule has 2 aromatic rings. The molecule has 0 atom stereocenters. The molecule has 1 N–H and O–H groups in total. The molecule has 2 rings (SSSR count). The van der Waals surface area contributed by atoms with E-state index in [1.165, 1.54) is 6.07 Å². The average molecular weight is 263 g/mol. The van der Waals surface area contributed by atoms with Gasteiger partial charge >= 0.3 is 5.97 Å². The van der Waals surface area contributed by atoms with E-state index < -0.39 is 5.97 Å². The number of carboxylic acids is 1. The summed E-state index contributed by atoms with van der Waals surface area (Å²) >= 11 is 5.77. The fraction of sp³-hybridized carbons (Fsp3) is 0.0714. The Morgan fingerprint density at radius 1 is 1.17 bits per heavy atom. The van der Waals surface area contributed by atoms with Crippen LogP contribution in [0.3, 0.4) is 0 Å². The molecule has 2 aromatic carbocycles. The maximum absolute atomic E-state index is 11.1. The molecule has 0 saturated heterocycles. The number of carboxylic acid groups (broad SMARTS) is 1. The van der Waals surface area contributed by atoms with Gasteiger partial charge in [0.15, 0.2) is 0 Å². The van der Waals surface area contributed by atoms with E-state index in [9.17, 15) is 4.79 Å². The Balaban J connectivity index is 2.35. The van der Waals surface area contributed by atoms with Crippen molar-refractivity contribution in [2.75, 3.05) is 0 Å². The van der Waals surface area contributed by atoms with Gasteiger partial charge in [0.2, 0.25) is 0 Å². The molecular formula is C14H11ClO3. The predicted octanol–water partition coefficient (Wildman–Crippen LogP) is 4.14. The van der Waals surface area contributed by atoms with E-state index in [2.05, 4.69) is 0 Å². The first kappa shape index (κ1) is 12.5. The van der Waals surface area contributed by atoms with Crippen LogP contribution in [0, 0.1) is 6.92 Å². The minimum absolute atomic E-state index is 0.135. The van der Waals surface area contributed by atoms with Crippen LogP contribution in [0.15, 0.2) is 42.5 Å². The molecule has 0 radical (unpaired) electrons. The Bertz CT molecular complexity index is 576. The van der Waals surface area contributed by atoms with Crippen LogP contribution in [-0.2, 0) is 0 Å². The van der Waals surface area contributed by atoms with Crippen LogP contribution in [0.4, 0.5) is 0 Å². The number of benzene rings is 2. The van der Waals surface area contributed by atoms with Crippen LogP contribution < -0.4 is 4.74 Å². The molecule has 4 heteroatoms. The van der Waals surface area contributed by atoms with Crippen LogP contribution >= 0.6 is 11.6 Å². The zero-order valence-electron chi connectivity index (χ0n) is 9.68. The highest BCUT2D eigenvalue weighted by atomic mass is 35.5. The topological polar surface area (TPSA) is 46.5 Å². The summed E-state index contributed by atoms with van der Waals surface area (Å²) in [5, 5.41) is 9.68. The number of hydrogen-bond donors (Lipinski definition) is 1. The largest absolute Gasteiger partial charge is 0.478 e. The summed E-state index contributed by atoms with van der Waals surface area (Å²) in [6.45, 7) is 1.88. The van der Waals surface area contributed by atoms with Crippen molar-refractivity contribution in [2.24, 2.45) is 0 Å². The van der Waals surface area contributed by atoms with E-state index in [1.54, 1.807) is 36.4 Å². The normalized spacial score (nSPS) is 10.1. The van der Waals surface area contributed by atoms with Crippen molar-refractivity contribution in [1.82, 2.24) is 0 Å². The van der Waals surface area contributed by atoms with E-state index in [0.29, 0.717) is 16.5 Å². The lowest BCUT2D eigenvalue weighted by atomic mass is 10.1. The third-order valence-electron chi connectivity index (χ3n) is 2.41. The molecule has 0 amide bonds. The van der Waals surface area contributed by atoms with Crippen LogP contribution in [-0.4, -0.2) is 11.1 Å². The van der Waals surface area contributed by atoms with Gasteiger partial charge in [0.05, 0.1) is 0 Å². The highest BCUT2D eigenvalue weighted by Crippen LogP contribution is 2.27. The Hall–Kier alpha value is -2.00. The van der Waals surface area contributed by atoms with E-state index in [4.69, 9.17) is 21.4 Å². The van der Waals surface area contributed by atoms with E-state index in [0.717, 1.165) is 5.56 Å². The van der Waals surface area contributed by atoms with Crippen LogP contribution in [0.25, 0.3) is 0 Å². The molecule has 0 aliphatic carbocycles. The molecular weight excluding hydrogens is 252 g/mol. The summed E-state index contributed by atoms with van der Waals surface area (Å²) in [6.07, 6.45) is 0. The number of ether oxygens (including phenoxy) is 1. The summed E-state index contributed by atoms with van der Waals surface area (Å²) < 4.78 is 5.57. The summed E-state index contributed by atoms with van der Waals surface area (Å²) in [6, 6.07) is 11.7. The second kappa shape index (κ2) is 5.10. The molecule has 0 unspecified atom stereocenters. The van der Waals surface area contributed by atoms with Crippen molar-refractivity contribution in [2.45, 2.75) is 6.92 Å². The quantitative estimate of drug-likeness (QED) is 0.904. The van der Waals surface area contributed by atoms with E-state index in [-0.39, 0.29) is 5.56 Å². The molecule has 3 nitrogen and oxygen atoms in total. The molecule has 92 valence electrons. The fourth-order valence-corrected chi connectivity index (χ4v) is 1.65. The highest BCUT2D eigenvalue weighted by molar-refractivity contribution is 6.30. The molecule has 0 bridgehead atoms. The van der Waals surface area contributed by atoms with Crippen molar-refractivity contribution >= 4 is 17.6 Å². The zero-order valence-corrected chi connectivity index (χ0v) is 10.4. The first-order valence-corrected chi connectivity index (χ1v) is 5.71. The molecule has 0 heterocycles. The van der Waals surface area contributed by atoms with Gasteiger partial charge in [-0.2, -0.15) is 0 Å². The van der Waals surface area contributed by atoms with Crippen molar-refractivity contribution in [1.29, 1.82) is 0 Å². The third-order valence-corrected chi connectivity index (χ3v) is 2.66. The van der Waals surface area contributed by atoms with Crippen molar-refractivity contribution in [3.8, 4) is 11.5 Å². The number of aryl methyl sites for hydroxylation is 1. The van der Waals surface area contributed by atoms with Crippen molar-refractivity contribution in [3.05, 3.63) is 58.6 Å². The van der Waals surface area contributed by atoms with Crippen LogP contribution in [0.1, 0.15) is 15.9 Å². The number of halogens is 1. The van der Waals surface area contributed by atoms with Crippen LogP contribution in [0.2, 0.25) is 5.02 Å². The maximum atomic E-state index is 11.1. The van der Waals surface area contributed by atoms with E-state index in [1.807, 2.05) is 6.92 Å². The van der Waals surface area contributed by atoms with Gasteiger partial charge in [-0.15, -0.1) is 0 Å². The van der Waals surface area contributed by atoms with Gasteiger partial charge in [-0.3, -0.25) is 0 Å². The maximum Gasteiger partial charge on any atom is 0.339 e. The smallest absolute Gasteiger partial charge is 0.339 e. The van der Waals surface area contributed by atoms with Gasteiger partial charge in [0, 0.05) is 5.02 Å². The van der Waals surface area contributed by atoms with Gasteiger partial charge in [0.1, 0.15) is 17.1 Å². The summed E-state index contributed by atoms with van der Waals surface area (Å²) in [5.41, 5.74) is 1.07. The predicted molar refractivity (Wildman–Crippen MR) is 69.7 cm³/mol. The Labute approximate surface area is 110 Å². The van der Waals surface area contributed by atoms with Gasteiger partial charge in [0.25, 0.3) is 0 Å². The minimum atomic E-state index is -1.01. The second-order valence-corrected chi connectivity index (χ2v) is 4.30. The first-order valence-electron chi connectivity index (χ1n) is 5.33. The molecule has 0 aliphatic rings. The Morgan fingerprint density at radius 2 is 1.83 bits per heavy atom. The summed E-state index contributed by atoms with van der Waals surface area (Å²) in [4.78, 5) is 11.1. The molecule has 0 aliphatic heterocycles. The lowest BCUT2D eigenvalue weighted by Crippen LogP contribution is -2.00. The number of aromatic carboxylic acids is 1. The number of hydrogen-bond acceptors (Lipinski definition) is 2. The minimum Gasteiger partial charge on any atom is -0.478 e. The van der Waals surface area contributed by atoms with Crippen molar-refractivity contribution in [3.63, 3.8) is 0 Å². The molecule has 0 aromatic heterocycles. The Morgan fingerprint density at radius 3 is 2.44 bits per heavy atom. The lowest BCUT2D eigenvalue weighted by Gasteiger charge is -2.09. The van der Waals surface area contributed by atoms with Gasteiger partial charge in [-0.1, -0.05) is 17.7 Å². The standard InChI is InChI=1S/C14H11ClO3/c1-9-2-7-12(14(16)17)13(8-9)18-11-5-3-10(15)4-6-11/h2-8H,1H3,(H,16,17). The average Bonchev–Trinajstić information content (AvgIpc) is 2.32. The summed E-state index contributed by atoms with van der Waals surface area (Å²) in [5.74, 6) is -0.142. The fourth-order valence-electron chi connectivity index (χ4n) is 1.52.